The molecule has 3 N–H and O–H groups in total. The third kappa shape index (κ3) is 1.22. The smallest absolute Gasteiger partial charge is 0.183 e. The van der Waals surface area contributed by atoms with E-state index < -0.39 is 0 Å². The highest BCUT2D eigenvalue weighted by Crippen LogP contribution is 2.29. The summed E-state index contributed by atoms with van der Waals surface area (Å²) in [5, 5.41) is 7.60. The molecule has 0 unspecified atom stereocenters. The molecule has 0 amide bonds. The van der Waals surface area contributed by atoms with Gasteiger partial charge in [0, 0.05) is 24.2 Å². The molecule has 0 aliphatic rings. The fourth-order valence-corrected chi connectivity index (χ4v) is 1.73. The van der Waals surface area contributed by atoms with Crippen LogP contribution in [0.3, 0.4) is 0 Å². The van der Waals surface area contributed by atoms with Crippen LogP contribution in [-0.2, 0) is 0 Å². The van der Waals surface area contributed by atoms with Crippen molar-refractivity contribution in [1.29, 1.82) is 0 Å². The monoisotopic (exact) mass is 211 g/mol. The van der Waals surface area contributed by atoms with E-state index in [9.17, 15) is 0 Å². The van der Waals surface area contributed by atoms with Gasteiger partial charge in [0.15, 0.2) is 5.65 Å². The molecule has 5 heteroatoms. The lowest BCUT2D eigenvalue weighted by Crippen LogP contribution is -1.87. The highest BCUT2D eigenvalue weighted by molar-refractivity contribution is 5.99. The molecule has 78 valence electrons. The topological polar surface area (TPSA) is 80.5 Å². The molecule has 3 aromatic rings. The minimum atomic E-state index is 0.530. The van der Waals surface area contributed by atoms with Gasteiger partial charge in [0.05, 0.1) is 5.39 Å². The Hall–Kier alpha value is -2.43. The first-order chi connectivity index (χ1) is 7.86. The molecule has 0 aliphatic heterocycles. The van der Waals surface area contributed by atoms with Crippen LogP contribution < -0.4 is 5.73 Å². The van der Waals surface area contributed by atoms with Gasteiger partial charge in [-0.2, -0.15) is 5.10 Å². The fourth-order valence-electron chi connectivity index (χ4n) is 1.73. The van der Waals surface area contributed by atoms with Crippen LogP contribution >= 0.6 is 0 Å². The van der Waals surface area contributed by atoms with Gasteiger partial charge in [-0.1, -0.05) is 6.07 Å². The molecule has 3 rings (SSSR count). The minimum Gasteiger partial charge on any atom is -0.383 e. The largest absolute Gasteiger partial charge is 0.383 e. The molecule has 3 heterocycles. The summed E-state index contributed by atoms with van der Waals surface area (Å²) in [6.07, 6.45) is 5.24. The maximum atomic E-state index is 5.84. The van der Waals surface area contributed by atoms with E-state index in [4.69, 9.17) is 5.73 Å². The third-order valence-corrected chi connectivity index (χ3v) is 2.46. The Morgan fingerprint density at radius 3 is 2.94 bits per heavy atom. The molecule has 0 saturated carbocycles. The molecule has 16 heavy (non-hydrogen) atoms. The number of nitrogens with two attached hydrogens (primary N) is 1. The lowest BCUT2D eigenvalue weighted by molar-refractivity contribution is 1.10. The summed E-state index contributed by atoms with van der Waals surface area (Å²) >= 11 is 0. The van der Waals surface area contributed by atoms with Crippen LogP contribution in [0.15, 0.2) is 36.8 Å². The predicted octanol–water partition coefficient (Wildman–Crippen LogP) is 1.60. The van der Waals surface area contributed by atoms with Crippen molar-refractivity contribution in [3.8, 4) is 11.1 Å². The van der Waals surface area contributed by atoms with Crippen LogP contribution in [0, 0.1) is 0 Å². The number of fused-ring (bicyclic) bond motifs is 1. The average molecular weight is 211 g/mol. The number of H-pyrrole nitrogens is 1. The Morgan fingerprint density at radius 2 is 2.12 bits per heavy atom. The number of pyridine rings is 2. The van der Waals surface area contributed by atoms with E-state index in [0.717, 1.165) is 16.5 Å². The first kappa shape index (κ1) is 8.84. The van der Waals surface area contributed by atoms with Crippen LogP contribution in [0.5, 0.6) is 0 Å². The van der Waals surface area contributed by atoms with Gasteiger partial charge < -0.3 is 5.73 Å². The number of nitrogens with zero attached hydrogens (tertiary/aromatic N) is 3. The molecule has 0 aromatic carbocycles. The van der Waals surface area contributed by atoms with Crippen LogP contribution in [0.4, 0.5) is 5.82 Å². The second-order valence-corrected chi connectivity index (χ2v) is 3.44. The first-order valence-electron chi connectivity index (χ1n) is 4.85. The normalized spacial score (nSPS) is 10.8. The van der Waals surface area contributed by atoms with Crippen LogP contribution in [-0.4, -0.2) is 20.2 Å². The lowest BCUT2D eigenvalue weighted by atomic mass is 10.1. The highest BCUT2D eigenvalue weighted by atomic mass is 15.2. The Labute approximate surface area is 91.3 Å². The second kappa shape index (κ2) is 3.30. The zero-order valence-electron chi connectivity index (χ0n) is 8.38. The van der Waals surface area contributed by atoms with Gasteiger partial charge in [0.1, 0.15) is 5.82 Å². The number of anilines is 1. The number of aromatic nitrogens is 4. The van der Waals surface area contributed by atoms with Crippen LogP contribution in [0.25, 0.3) is 22.2 Å². The molecule has 0 saturated heterocycles. The summed E-state index contributed by atoms with van der Waals surface area (Å²) in [5.74, 6) is 0.530. The summed E-state index contributed by atoms with van der Waals surface area (Å²) in [6, 6.07) is 5.78. The molecule has 0 bridgehead atoms. The van der Waals surface area contributed by atoms with Crippen molar-refractivity contribution in [2.45, 2.75) is 0 Å². The van der Waals surface area contributed by atoms with E-state index in [2.05, 4.69) is 20.2 Å². The van der Waals surface area contributed by atoms with Gasteiger partial charge in [-0.15, -0.1) is 0 Å². The van der Waals surface area contributed by atoms with E-state index in [1.807, 2.05) is 18.2 Å². The molecular weight excluding hydrogens is 202 g/mol. The summed E-state index contributed by atoms with van der Waals surface area (Å²) in [6.45, 7) is 0. The molecule has 0 aliphatic carbocycles. The van der Waals surface area contributed by atoms with Crippen molar-refractivity contribution in [2.24, 2.45) is 0 Å². The average Bonchev–Trinajstić information content (AvgIpc) is 2.73. The zero-order chi connectivity index (χ0) is 11.0. The lowest BCUT2D eigenvalue weighted by Gasteiger charge is -2.02. The molecule has 0 spiro atoms. The molecule has 0 radical (unpaired) electrons. The Bertz CT molecular complexity index is 629. The van der Waals surface area contributed by atoms with Crippen molar-refractivity contribution < 1.29 is 0 Å². The van der Waals surface area contributed by atoms with Gasteiger partial charge in [-0.3, -0.25) is 10.1 Å². The van der Waals surface area contributed by atoms with E-state index >= 15 is 0 Å². The SMILES string of the molecule is Nc1[nH]nc2nccc(-c3cccnc3)c12. The highest BCUT2D eigenvalue weighted by Gasteiger charge is 2.09. The van der Waals surface area contributed by atoms with Gasteiger partial charge in [-0.05, 0) is 17.7 Å². The number of aromatic amines is 1. The molecule has 0 fully saturated rings. The van der Waals surface area contributed by atoms with E-state index in [1.165, 1.54) is 0 Å². The molecule has 0 atom stereocenters. The van der Waals surface area contributed by atoms with Crippen LogP contribution in [0.1, 0.15) is 0 Å². The van der Waals surface area contributed by atoms with Gasteiger partial charge in [0.25, 0.3) is 0 Å². The Kier molecular flexibility index (Phi) is 1.83. The minimum absolute atomic E-state index is 0.530. The van der Waals surface area contributed by atoms with Gasteiger partial charge >= 0.3 is 0 Å². The van der Waals surface area contributed by atoms with Crippen molar-refractivity contribution in [1.82, 2.24) is 20.2 Å². The van der Waals surface area contributed by atoms with Crippen LogP contribution in [0.2, 0.25) is 0 Å². The van der Waals surface area contributed by atoms with Crippen molar-refractivity contribution in [3.05, 3.63) is 36.8 Å². The first-order valence-corrected chi connectivity index (χ1v) is 4.85. The maximum absolute atomic E-state index is 5.84. The Morgan fingerprint density at radius 1 is 1.19 bits per heavy atom. The zero-order valence-corrected chi connectivity index (χ0v) is 8.38. The number of hydrogen-bond donors (Lipinski definition) is 2. The van der Waals surface area contributed by atoms with E-state index in [0.29, 0.717) is 11.5 Å². The number of nitrogen functional groups attached to an aromatic ring is 1. The number of nitrogens with one attached hydrogen (secondary N) is 1. The van der Waals surface area contributed by atoms with Gasteiger partial charge in [0.2, 0.25) is 0 Å². The van der Waals surface area contributed by atoms with Gasteiger partial charge in [-0.25, -0.2) is 4.98 Å². The number of rotatable bonds is 1. The predicted molar refractivity (Wildman–Crippen MR) is 61.5 cm³/mol. The summed E-state index contributed by atoms with van der Waals surface area (Å²) < 4.78 is 0. The van der Waals surface area contributed by atoms with Crippen molar-refractivity contribution in [3.63, 3.8) is 0 Å². The second-order valence-electron chi connectivity index (χ2n) is 3.44. The van der Waals surface area contributed by atoms with Crippen molar-refractivity contribution >= 4 is 16.9 Å². The van der Waals surface area contributed by atoms with Crippen molar-refractivity contribution in [2.75, 3.05) is 5.73 Å². The maximum Gasteiger partial charge on any atom is 0.183 e. The standard InChI is InChI=1S/C11H9N5/c12-10-9-8(7-2-1-4-13-6-7)3-5-14-11(9)16-15-10/h1-6H,(H3,12,14,15,16). The summed E-state index contributed by atoms with van der Waals surface area (Å²) in [4.78, 5) is 8.24. The molecule has 3 aromatic heterocycles. The van der Waals surface area contributed by atoms with E-state index in [-0.39, 0.29) is 0 Å². The summed E-state index contributed by atoms with van der Waals surface area (Å²) in [5.41, 5.74) is 8.45. The molecule has 5 nitrogen and oxygen atoms in total. The Balaban J connectivity index is 2.36. The van der Waals surface area contributed by atoms with E-state index in [1.54, 1.807) is 18.6 Å². The fraction of sp³-hybridized carbons (Fsp3) is 0. The summed E-state index contributed by atoms with van der Waals surface area (Å²) in [7, 11) is 0. The number of hydrogen-bond acceptors (Lipinski definition) is 4. The third-order valence-electron chi connectivity index (χ3n) is 2.46. The molecular formula is C11H9N5. The quantitative estimate of drug-likeness (QED) is 0.640.